The minimum Gasteiger partial charge on any atom is -0.319 e. The van der Waals surface area contributed by atoms with Gasteiger partial charge in [-0.3, -0.25) is 9.80 Å². The largest absolute Gasteiger partial charge is 0.319 e. The molecule has 3 rings (SSSR count). The van der Waals surface area contributed by atoms with E-state index in [1.54, 1.807) is 0 Å². The molecule has 0 spiro atoms. The molecule has 0 unspecified atom stereocenters. The van der Waals surface area contributed by atoms with Crippen molar-refractivity contribution >= 4 is 16.5 Å². The number of nitrogens with zero attached hydrogens (tertiary/aromatic N) is 3. The van der Waals surface area contributed by atoms with Crippen molar-refractivity contribution in [1.29, 1.82) is 0 Å². The van der Waals surface area contributed by atoms with Crippen molar-refractivity contribution in [2.24, 2.45) is 0 Å². The van der Waals surface area contributed by atoms with Gasteiger partial charge in [0.05, 0.1) is 6.67 Å². The minimum atomic E-state index is -1.35. The molecule has 0 aromatic carbocycles. The Kier molecular flexibility index (Phi) is 6.21. The summed E-state index contributed by atoms with van der Waals surface area (Å²) in [4.78, 5) is 5.87. The Morgan fingerprint density at radius 3 is 1.28 bits per heavy atom. The molecule has 1 saturated heterocycles. The Morgan fingerprint density at radius 2 is 0.960 bits per heavy atom. The van der Waals surface area contributed by atoms with E-state index in [1.165, 1.54) is 70.9 Å². The van der Waals surface area contributed by atoms with E-state index in [2.05, 4.69) is 53.3 Å². The molecule has 0 atom stereocenters. The highest BCUT2D eigenvalue weighted by Crippen LogP contribution is 2.40. The fraction of sp³-hybridized carbons (Fsp3) is 1.00. The SMILES string of the molecule is C[Si](C)(C)N(C1N(C2CCCCC2)CN1C1CCCCC1)[Si](C)(C)C. The van der Waals surface area contributed by atoms with Crippen LogP contribution in [-0.4, -0.2) is 55.5 Å². The van der Waals surface area contributed by atoms with E-state index in [0.717, 1.165) is 12.1 Å². The van der Waals surface area contributed by atoms with Crippen LogP contribution >= 0.6 is 0 Å². The Bertz CT molecular complexity index is 393. The minimum absolute atomic E-state index is 0.629. The first-order valence-corrected chi connectivity index (χ1v) is 17.9. The lowest BCUT2D eigenvalue weighted by Gasteiger charge is -2.66. The molecule has 0 radical (unpaired) electrons. The van der Waals surface area contributed by atoms with Crippen LogP contribution in [0.1, 0.15) is 64.2 Å². The topological polar surface area (TPSA) is 9.72 Å². The van der Waals surface area contributed by atoms with Crippen LogP contribution in [0.3, 0.4) is 0 Å². The van der Waals surface area contributed by atoms with Gasteiger partial charge in [-0.15, -0.1) is 0 Å². The maximum Gasteiger partial charge on any atom is 0.114 e. The quantitative estimate of drug-likeness (QED) is 0.584. The Hall–Kier alpha value is 0.314. The lowest BCUT2D eigenvalue weighted by Crippen LogP contribution is -2.81. The first kappa shape index (κ1) is 20.1. The molecule has 3 fully saturated rings. The second-order valence-corrected chi connectivity index (χ2v) is 20.9. The summed E-state index contributed by atoms with van der Waals surface area (Å²) in [5.41, 5.74) is 0. The fourth-order valence-electron chi connectivity index (χ4n) is 5.86. The third-order valence-electron chi connectivity index (χ3n) is 6.68. The van der Waals surface area contributed by atoms with Gasteiger partial charge in [0.1, 0.15) is 22.8 Å². The molecule has 0 bridgehead atoms. The molecule has 5 heteroatoms. The fourth-order valence-corrected chi connectivity index (χ4v) is 15.9. The van der Waals surface area contributed by atoms with Gasteiger partial charge in [-0.1, -0.05) is 77.8 Å². The van der Waals surface area contributed by atoms with Gasteiger partial charge in [0.15, 0.2) is 0 Å². The van der Waals surface area contributed by atoms with Gasteiger partial charge in [-0.25, -0.2) is 0 Å². The average molecular weight is 382 g/mol. The summed E-state index contributed by atoms with van der Waals surface area (Å²) in [5, 5.41) is 0. The molecule has 25 heavy (non-hydrogen) atoms. The van der Waals surface area contributed by atoms with E-state index in [4.69, 9.17) is 0 Å². The zero-order chi connectivity index (χ0) is 18.2. The summed E-state index contributed by atoms with van der Waals surface area (Å²) < 4.78 is 3.09. The van der Waals surface area contributed by atoms with E-state index in [-0.39, 0.29) is 0 Å². The predicted molar refractivity (Wildman–Crippen MR) is 115 cm³/mol. The monoisotopic (exact) mass is 381 g/mol. The highest BCUT2D eigenvalue weighted by molar-refractivity contribution is 6.89. The van der Waals surface area contributed by atoms with Crippen LogP contribution in [0.25, 0.3) is 0 Å². The van der Waals surface area contributed by atoms with Crippen LogP contribution in [0.4, 0.5) is 0 Å². The molecule has 2 aliphatic carbocycles. The highest BCUT2D eigenvalue weighted by atomic mass is 28.4. The van der Waals surface area contributed by atoms with E-state index in [0.29, 0.717) is 6.29 Å². The van der Waals surface area contributed by atoms with Crippen LogP contribution in [0, 0.1) is 0 Å². The normalized spacial score (nSPS) is 27.0. The van der Waals surface area contributed by atoms with E-state index >= 15 is 0 Å². The second-order valence-electron chi connectivity index (χ2n) is 10.8. The van der Waals surface area contributed by atoms with Crippen molar-refractivity contribution in [2.45, 2.75) is 122 Å². The van der Waals surface area contributed by atoms with Crippen LogP contribution in [-0.2, 0) is 0 Å². The molecular weight excluding hydrogens is 338 g/mol. The van der Waals surface area contributed by atoms with Gasteiger partial charge in [0.2, 0.25) is 0 Å². The van der Waals surface area contributed by atoms with Gasteiger partial charge in [0, 0.05) is 12.1 Å². The van der Waals surface area contributed by atoms with Crippen LogP contribution in [0.15, 0.2) is 0 Å². The smallest absolute Gasteiger partial charge is 0.114 e. The Labute approximate surface area is 159 Å². The van der Waals surface area contributed by atoms with Crippen LogP contribution in [0.5, 0.6) is 0 Å². The van der Waals surface area contributed by atoms with Crippen molar-refractivity contribution in [2.75, 3.05) is 6.67 Å². The van der Waals surface area contributed by atoms with Crippen molar-refractivity contribution in [3.63, 3.8) is 0 Å². The van der Waals surface area contributed by atoms with Crippen molar-refractivity contribution in [1.82, 2.24) is 14.0 Å². The van der Waals surface area contributed by atoms with Gasteiger partial charge in [0.25, 0.3) is 0 Å². The summed E-state index contributed by atoms with van der Waals surface area (Å²) in [6, 6.07) is 1.71. The molecule has 3 nitrogen and oxygen atoms in total. The van der Waals surface area contributed by atoms with E-state index in [1.807, 2.05) is 0 Å². The molecule has 0 aromatic rings. The second kappa shape index (κ2) is 7.74. The third-order valence-corrected chi connectivity index (χ3v) is 14.1. The zero-order valence-electron chi connectivity index (χ0n) is 17.9. The molecule has 1 aliphatic heterocycles. The Morgan fingerprint density at radius 1 is 0.600 bits per heavy atom. The molecule has 3 aliphatic rings. The Balaban J connectivity index is 1.84. The summed E-state index contributed by atoms with van der Waals surface area (Å²) in [7, 11) is -2.71. The van der Waals surface area contributed by atoms with Gasteiger partial charge >= 0.3 is 0 Å². The molecule has 0 aromatic heterocycles. The molecule has 2 saturated carbocycles. The average Bonchev–Trinajstić information content (AvgIpc) is 2.51. The van der Waals surface area contributed by atoms with Crippen LogP contribution < -0.4 is 0 Å². The molecule has 0 N–H and O–H groups in total. The molecule has 1 heterocycles. The van der Waals surface area contributed by atoms with Gasteiger partial charge < -0.3 is 4.23 Å². The summed E-state index contributed by atoms with van der Waals surface area (Å²) in [6.07, 6.45) is 15.2. The highest BCUT2D eigenvalue weighted by Gasteiger charge is 2.52. The maximum absolute atomic E-state index is 3.09. The number of hydrogen-bond acceptors (Lipinski definition) is 3. The summed E-state index contributed by atoms with van der Waals surface area (Å²) >= 11 is 0. The number of rotatable bonds is 5. The standard InChI is InChI=1S/C20H43N3Si2/c1-24(2,3)23(25(4,5)6)20-21(18-13-9-7-10-14-18)17-22(20)19-15-11-8-12-16-19/h18-20H,7-17H2,1-6H3. The zero-order valence-corrected chi connectivity index (χ0v) is 19.9. The van der Waals surface area contributed by atoms with Crippen molar-refractivity contribution in [3.05, 3.63) is 0 Å². The molecule has 0 amide bonds. The molecular formula is C20H43N3Si2. The number of hydrogen-bond donors (Lipinski definition) is 0. The summed E-state index contributed by atoms with van der Waals surface area (Å²) in [5.74, 6) is 0. The van der Waals surface area contributed by atoms with Crippen LogP contribution in [0.2, 0.25) is 39.3 Å². The van der Waals surface area contributed by atoms with Gasteiger partial charge in [-0.05, 0) is 25.7 Å². The van der Waals surface area contributed by atoms with Crippen molar-refractivity contribution in [3.8, 4) is 0 Å². The molecule has 146 valence electrons. The van der Waals surface area contributed by atoms with E-state index in [9.17, 15) is 0 Å². The first-order valence-electron chi connectivity index (χ1n) is 11.0. The van der Waals surface area contributed by atoms with E-state index < -0.39 is 16.5 Å². The van der Waals surface area contributed by atoms with Crippen molar-refractivity contribution < 1.29 is 0 Å². The summed E-state index contributed by atoms with van der Waals surface area (Å²) in [6.45, 7) is 16.8. The lowest BCUT2D eigenvalue weighted by molar-refractivity contribution is -0.197. The maximum atomic E-state index is 3.09. The first-order chi connectivity index (χ1) is 11.7. The third kappa shape index (κ3) is 4.42. The van der Waals surface area contributed by atoms with Gasteiger partial charge in [-0.2, -0.15) is 0 Å². The lowest BCUT2D eigenvalue weighted by atomic mass is 9.91. The predicted octanol–water partition coefficient (Wildman–Crippen LogP) is 5.48.